The maximum atomic E-state index is 12.4. The third-order valence-electron chi connectivity index (χ3n) is 4.04. The van der Waals surface area contributed by atoms with Crippen LogP contribution in [0, 0.1) is 17.0 Å². The van der Waals surface area contributed by atoms with Gasteiger partial charge in [0.15, 0.2) is 0 Å². The SMILES string of the molecule is CCOCCOCc1cccc(CNC(=O)c2cccc([N+](=O)[O-])c2C)c1. The van der Waals surface area contributed by atoms with Gasteiger partial charge >= 0.3 is 0 Å². The van der Waals surface area contributed by atoms with E-state index in [0.29, 0.717) is 44.1 Å². The fraction of sp³-hybridized carbons (Fsp3) is 0.350. The largest absolute Gasteiger partial charge is 0.379 e. The zero-order valence-corrected chi connectivity index (χ0v) is 15.6. The lowest BCUT2D eigenvalue weighted by Crippen LogP contribution is -2.24. The van der Waals surface area contributed by atoms with E-state index < -0.39 is 4.92 Å². The lowest BCUT2D eigenvalue weighted by atomic mass is 10.1. The summed E-state index contributed by atoms with van der Waals surface area (Å²) in [6.45, 7) is 6.07. The molecular weight excluding hydrogens is 348 g/mol. The van der Waals surface area contributed by atoms with Crippen molar-refractivity contribution in [2.75, 3.05) is 19.8 Å². The third kappa shape index (κ3) is 6.16. The monoisotopic (exact) mass is 372 g/mol. The number of carbonyl (C=O) groups excluding carboxylic acids is 1. The van der Waals surface area contributed by atoms with Gasteiger partial charge in [0.2, 0.25) is 0 Å². The highest BCUT2D eigenvalue weighted by Gasteiger charge is 2.17. The van der Waals surface area contributed by atoms with Crippen molar-refractivity contribution >= 4 is 11.6 Å². The van der Waals surface area contributed by atoms with Gasteiger partial charge in [0, 0.05) is 30.3 Å². The molecule has 7 heteroatoms. The average Bonchev–Trinajstić information content (AvgIpc) is 2.66. The smallest absolute Gasteiger partial charge is 0.273 e. The van der Waals surface area contributed by atoms with E-state index >= 15 is 0 Å². The fourth-order valence-corrected chi connectivity index (χ4v) is 2.63. The molecule has 0 fully saturated rings. The van der Waals surface area contributed by atoms with Crippen LogP contribution in [-0.4, -0.2) is 30.7 Å². The number of benzene rings is 2. The Morgan fingerprint density at radius 2 is 1.81 bits per heavy atom. The summed E-state index contributed by atoms with van der Waals surface area (Å²) in [6, 6.07) is 12.2. The number of carbonyl (C=O) groups is 1. The van der Waals surface area contributed by atoms with Crippen LogP contribution in [0.1, 0.15) is 34.0 Å². The Balaban J connectivity index is 1.93. The molecule has 1 N–H and O–H groups in total. The summed E-state index contributed by atoms with van der Waals surface area (Å²) < 4.78 is 10.8. The normalized spacial score (nSPS) is 10.6. The minimum atomic E-state index is -0.485. The Morgan fingerprint density at radius 1 is 1.11 bits per heavy atom. The first kappa shape index (κ1) is 20.5. The van der Waals surface area contributed by atoms with E-state index in [-0.39, 0.29) is 11.6 Å². The van der Waals surface area contributed by atoms with Crippen LogP contribution in [-0.2, 0) is 22.6 Å². The lowest BCUT2D eigenvalue weighted by Gasteiger charge is -2.10. The molecule has 0 unspecified atom stereocenters. The molecule has 1 amide bonds. The number of hydrogen-bond donors (Lipinski definition) is 1. The molecule has 0 bridgehead atoms. The second-order valence-electron chi connectivity index (χ2n) is 5.96. The molecule has 7 nitrogen and oxygen atoms in total. The summed E-state index contributed by atoms with van der Waals surface area (Å²) in [4.78, 5) is 22.9. The van der Waals surface area contributed by atoms with Crippen molar-refractivity contribution in [1.82, 2.24) is 5.32 Å². The van der Waals surface area contributed by atoms with E-state index in [0.717, 1.165) is 11.1 Å². The quantitative estimate of drug-likeness (QED) is 0.392. The first-order valence-corrected chi connectivity index (χ1v) is 8.78. The molecule has 0 aliphatic carbocycles. The Labute approximate surface area is 158 Å². The molecule has 0 saturated heterocycles. The standard InChI is InChI=1S/C20H24N2O5/c1-3-26-10-11-27-14-17-7-4-6-16(12-17)13-21-20(23)18-8-5-9-19(15(18)2)22(24)25/h4-9,12H,3,10-11,13-14H2,1-2H3,(H,21,23). The van der Waals surface area contributed by atoms with Crippen LogP contribution >= 0.6 is 0 Å². The molecule has 0 radical (unpaired) electrons. The minimum Gasteiger partial charge on any atom is -0.379 e. The Kier molecular flexibility index (Phi) is 7.91. The number of nitro groups is 1. The molecule has 2 aromatic carbocycles. The van der Waals surface area contributed by atoms with E-state index in [1.54, 1.807) is 13.0 Å². The van der Waals surface area contributed by atoms with Crippen LogP contribution in [0.15, 0.2) is 42.5 Å². The van der Waals surface area contributed by atoms with Gasteiger partial charge in [0.05, 0.1) is 24.7 Å². The zero-order chi connectivity index (χ0) is 19.6. The van der Waals surface area contributed by atoms with Gasteiger partial charge in [-0.15, -0.1) is 0 Å². The van der Waals surface area contributed by atoms with Gasteiger partial charge in [-0.2, -0.15) is 0 Å². The predicted molar refractivity (Wildman–Crippen MR) is 102 cm³/mol. The van der Waals surface area contributed by atoms with Crippen molar-refractivity contribution in [2.45, 2.75) is 27.0 Å². The van der Waals surface area contributed by atoms with Crippen LogP contribution in [0.2, 0.25) is 0 Å². The van der Waals surface area contributed by atoms with Crippen molar-refractivity contribution in [2.24, 2.45) is 0 Å². The summed E-state index contributed by atoms with van der Waals surface area (Å²) in [7, 11) is 0. The van der Waals surface area contributed by atoms with E-state index in [9.17, 15) is 14.9 Å². The maximum Gasteiger partial charge on any atom is 0.273 e. The van der Waals surface area contributed by atoms with Gasteiger partial charge in [-0.05, 0) is 31.0 Å². The highest BCUT2D eigenvalue weighted by atomic mass is 16.6. The lowest BCUT2D eigenvalue weighted by molar-refractivity contribution is -0.385. The van der Waals surface area contributed by atoms with Gasteiger partial charge in [-0.3, -0.25) is 14.9 Å². The van der Waals surface area contributed by atoms with Crippen molar-refractivity contribution in [3.05, 3.63) is 74.8 Å². The molecule has 0 heterocycles. The van der Waals surface area contributed by atoms with Gasteiger partial charge < -0.3 is 14.8 Å². The molecule has 0 atom stereocenters. The maximum absolute atomic E-state index is 12.4. The molecule has 27 heavy (non-hydrogen) atoms. The topological polar surface area (TPSA) is 90.7 Å². The first-order chi connectivity index (χ1) is 13.0. The number of rotatable bonds is 10. The first-order valence-electron chi connectivity index (χ1n) is 8.78. The third-order valence-corrected chi connectivity index (χ3v) is 4.04. The van der Waals surface area contributed by atoms with Crippen LogP contribution in [0.25, 0.3) is 0 Å². The van der Waals surface area contributed by atoms with Crippen molar-refractivity contribution in [3.8, 4) is 0 Å². The molecule has 0 aliphatic rings. The van der Waals surface area contributed by atoms with Gasteiger partial charge in [0.1, 0.15) is 0 Å². The van der Waals surface area contributed by atoms with E-state index in [1.807, 2.05) is 31.2 Å². The molecular formula is C20H24N2O5. The van der Waals surface area contributed by atoms with Crippen molar-refractivity contribution in [1.29, 1.82) is 0 Å². The number of nitro benzene ring substituents is 1. The summed E-state index contributed by atoms with van der Waals surface area (Å²) in [6.07, 6.45) is 0. The van der Waals surface area contributed by atoms with Crippen LogP contribution < -0.4 is 5.32 Å². The van der Waals surface area contributed by atoms with Crippen LogP contribution in [0.5, 0.6) is 0 Å². The molecule has 0 aliphatic heterocycles. The minimum absolute atomic E-state index is 0.0613. The second kappa shape index (κ2) is 10.4. The number of amides is 1. The summed E-state index contributed by atoms with van der Waals surface area (Å²) in [5.74, 6) is -0.338. The van der Waals surface area contributed by atoms with Crippen LogP contribution in [0.4, 0.5) is 5.69 Å². The predicted octanol–water partition coefficient (Wildman–Crippen LogP) is 3.39. The molecule has 2 rings (SSSR count). The molecule has 0 spiro atoms. The molecule has 144 valence electrons. The summed E-state index contributed by atoms with van der Waals surface area (Å²) in [5, 5.41) is 13.8. The van der Waals surface area contributed by atoms with Crippen molar-refractivity contribution in [3.63, 3.8) is 0 Å². The number of ether oxygens (including phenoxy) is 2. The second-order valence-corrected chi connectivity index (χ2v) is 5.96. The van der Waals surface area contributed by atoms with Gasteiger partial charge in [-0.1, -0.05) is 30.3 Å². The Hall–Kier alpha value is -2.77. The van der Waals surface area contributed by atoms with E-state index in [1.165, 1.54) is 12.1 Å². The summed E-state index contributed by atoms with van der Waals surface area (Å²) >= 11 is 0. The van der Waals surface area contributed by atoms with E-state index in [2.05, 4.69) is 5.32 Å². The number of nitrogens with zero attached hydrogens (tertiary/aromatic N) is 1. The average molecular weight is 372 g/mol. The molecule has 2 aromatic rings. The zero-order valence-electron chi connectivity index (χ0n) is 15.6. The Morgan fingerprint density at radius 3 is 2.56 bits per heavy atom. The number of hydrogen-bond acceptors (Lipinski definition) is 5. The fourth-order valence-electron chi connectivity index (χ4n) is 2.63. The van der Waals surface area contributed by atoms with Crippen LogP contribution in [0.3, 0.4) is 0 Å². The number of nitrogens with one attached hydrogen (secondary N) is 1. The Bertz CT molecular complexity index is 792. The van der Waals surface area contributed by atoms with Gasteiger partial charge in [0.25, 0.3) is 11.6 Å². The van der Waals surface area contributed by atoms with Crippen molar-refractivity contribution < 1.29 is 19.2 Å². The van der Waals surface area contributed by atoms with Gasteiger partial charge in [-0.25, -0.2) is 0 Å². The highest BCUT2D eigenvalue weighted by Crippen LogP contribution is 2.21. The molecule has 0 aromatic heterocycles. The highest BCUT2D eigenvalue weighted by molar-refractivity contribution is 5.96. The summed E-state index contributed by atoms with van der Waals surface area (Å²) in [5.41, 5.74) is 2.53. The van der Waals surface area contributed by atoms with E-state index in [4.69, 9.17) is 9.47 Å². The molecule has 0 saturated carbocycles.